The molecule has 2 nitrogen and oxygen atoms in total. The molecule has 1 aromatic carbocycles. The van der Waals surface area contributed by atoms with E-state index in [1.165, 1.54) is 42.4 Å². The Balaban J connectivity index is 1.86. The number of hydrogen-bond donors (Lipinski definition) is 1. The van der Waals surface area contributed by atoms with Crippen molar-refractivity contribution in [1.82, 2.24) is 4.98 Å². The summed E-state index contributed by atoms with van der Waals surface area (Å²) in [5.41, 5.74) is 11.3. The molecule has 106 valence electrons. The topological polar surface area (TPSA) is 38.9 Å². The van der Waals surface area contributed by atoms with Gasteiger partial charge in [0.15, 0.2) is 0 Å². The molecule has 1 aliphatic carbocycles. The second-order valence-electron chi connectivity index (χ2n) is 6.48. The Labute approximate surface area is 125 Å². The molecule has 0 spiro atoms. The van der Waals surface area contributed by atoms with E-state index in [0.29, 0.717) is 0 Å². The largest absolute Gasteiger partial charge is 0.325 e. The fraction of sp³-hybridized carbons (Fsp3) is 0.471. The molecule has 20 heavy (non-hydrogen) atoms. The minimum absolute atomic E-state index is 0.190. The van der Waals surface area contributed by atoms with Crippen LogP contribution in [0.4, 0.5) is 0 Å². The molecule has 0 saturated heterocycles. The lowest BCUT2D eigenvalue weighted by Crippen LogP contribution is -2.34. The van der Waals surface area contributed by atoms with Crippen molar-refractivity contribution in [1.29, 1.82) is 0 Å². The average Bonchev–Trinajstić information content (AvgIpc) is 2.84. The van der Waals surface area contributed by atoms with Gasteiger partial charge in [-0.15, -0.1) is 11.3 Å². The molecule has 3 heteroatoms. The molecule has 0 fully saturated rings. The fourth-order valence-electron chi connectivity index (χ4n) is 2.81. The predicted octanol–water partition coefficient (Wildman–Crippen LogP) is 3.97. The number of aryl methyl sites for hydroxylation is 2. The van der Waals surface area contributed by atoms with Crippen molar-refractivity contribution in [2.45, 2.75) is 51.5 Å². The molecular formula is C17H22N2S. The highest BCUT2D eigenvalue weighted by Gasteiger charge is 2.16. The zero-order valence-electron chi connectivity index (χ0n) is 12.3. The lowest BCUT2D eigenvalue weighted by atomic mass is 9.90. The van der Waals surface area contributed by atoms with Gasteiger partial charge in [0.2, 0.25) is 0 Å². The Morgan fingerprint density at radius 2 is 1.95 bits per heavy atom. The minimum atomic E-state index is -0.190. The van der Waals surface area contributed by atoms with Crippen LogP contribution in [0.3, 0.4) is 0 Å². The summed E-state index contributed by atoms with van der Waals surface area (Å²) in [6.07, 6.45) is 5.94. The molecule has 0 amide bonds. The van der Waals surface area contributed by atoms with Gasteiger partial charge in [-0.3, -0.25) is 0 Å². The Morgan fingerprint density at radius 1 is 1.20 bits per heavy atom. The van der Waals surface area contributed by atoms with Gasteiger partial charge < -0.3 is 5.73 Å². The lowest BCUT2D eigenvalue weighted by Gasteiger charge is -2.16. The van der Waals surface area contributed by atoms with Crippen molar-refractivity contribution in [2.75, 3.05) is 0 Å². The van der Waals surface area contributed by atoms with Crippen LogP contribution in [-0.4, -0.2) is 10.5 Å². The molecule has 1 heterocycles. The number of hydrogen-bond acceptors (Lipinski definition) is 3. The highest BCUT2D eigenvalue weighted by Crippen LogP contribution is 2.29. The monoisotopic (exact) mass is 286 g/mol. The summed E-state index contributed by atoms with van der Waals surface area (Å²) < 4.78 is 0. The third kappa shape index (κ3) is 3.10. The number of fused-ring (bicyclic) bond motifs is 1. The minimum Gasteiger partial charge on any atom is -0.325 e. The standard InChI is InChI=1S/C17H22N2S/c1-17(2,18)10-16-19-15(11-20-16)14-8-7-12-5-3-4-6-13(12)9-14/h7-9,11H,3-6,10,18H2,1-2H3. The van der Waals surface area contributed by atoms with Crippen molar-refractivity contribution in [3.63, 3.8) is 0 Å². The number of rotatable bonds is 3. The van der Waals surface area contributed by atoms with Crippen LogP contribution in [-0.2, 0) is 19.3 Å². The zero-order chi connectivity index (χ0) is 14.2. The van der Waals surface area contributed by atoms with E-state index in [-0.39, 0.29) is 5.54 Å². The Bertz CT molecular complexity index is 608. The van der Waals surface area contributed by atoms with Crippen LogP contribution in [0.25, 0.3) is 11.3 Å². The van der Waals surface area contributed by atoms with E-state index in [1.807, 2.05) is 13.8 Å². The normalized spacial score (nSPS) is 15.2. The SMILES string of the molecule is CC(C)(N)Cc1nc(-c2ccc3c(c2)CCCC3)cs1. The molecule has 0 saturated carbocycles. The Morgan fingerprint density at radius 3 is 2.70 bits per heavy atom. The van der Waals surface area contributed by atoms with E-state index in [9.17, 15) is 0 Å². The van der Waals surface area contributed by atoms with Gasteiger partial charge in [-0.1, -0.05) is 12.1 Å². The van der Waals surface area contributed by atoms with E-state index in [1.54, 1.807) is 11.3 Å². The quantitative estimate of drug-likeness (QED) is 0.927. The first-order valence-electron chi connectivity index (χ1n) is 7.37. The molecule has 0 radical (unpaired) electrons. The number of nitrogens with two attached hydrogens (primary N) is 1. The van der Waals surface area contributed by atoms with Crippen LogP contribution in [0.5, 0.6) is 0 Å². The maximum atomic E-state index is 6.07. The number of thiazole rings is 1. The van der Waals surface area contributed by atoms with Crippen molar-refractivity contribution < 1.29 is 0 Å². The van der Waals surface area contributed by atoms with Crippen molar-refractivity contribution in [3.05, 3.63) is 39.7 Å². The molecule has 1 aliphatic rings. The summed E-state index contributed by atoms with van der Waals surface area (Å²) in [4.78, 5) is 4.75. The van der Waals surface area contributed by atoms with Gasteiger partial charge in [-0.2, -0.15) is 0 Å². The summed E-state index contributed by atoms with van der Waals surface area (Å²) in [6, 6.07) is 6.84. The van der Waals surface area contributed by atoms with Crippen LogP contribution in [0.15, 0.2) is 23.6 Å². The molecule has 0 atom stereocenters. The smallest absolute Gasteiger partial charge is 0.0950 e. The highest BCUT2D eigenvalue weighted by atomic mass is 32.1. The molecule has 0 bridgehead atoms. The van der Waals surface area contributed by atoms with Crippen LogP contribution in [0.1, 0.15) is 42.8 Å². The number of aromatic nitrogens is 1. The first kappa shape index (κ1) is 13.8. The van der Waals surface area contributed by atoms with Crippen molar-refractivity contribution in [3.8, 4) is 11.3 Å². The number of benzene rings is 1. The van der Waals surface area contributed by atoms with Crippen LogP contribution in [0, 0.1) is 0 Å². The maximum Gasteiger partial charge on any atom is 0.0950 e. The van der Waals surface area contributed by atoms with Gasteiger partial charge in [0.05, 0.1) is 10.7 Å². The molecular weight excluding hydrogens is 264 g/mol. The highest BCUT2D eigenvalue weighted by molar-refractivity contribution is 7.09. The van der Waals surface area contributed by atoms with Crippen molar-refractivity contribution in [2.24, 2.45) is 5.73 Å². The maximum absolute atomic E-state index is 6.07. The fourth-order valence-corrected chi connectivity index (χ4v) is 3.85. The third-order valence-corrected chi connectivity index (χ3v) is 4.65. The molecule has 1 aromatic heterocycles. The molecule has 2 N–H and O–H groups in total. The molecule has 0 aliphatic heterocycles. The van der Waals surface area contributed by atoms with E-state index in [4.69, 9.17) is 10.7 Å². The summed E-state index contributed by atoms with van der Waals surface area (Å²) in [5, 5.41) is 3.29. The summed E-state index contributed by atoms with van der Waals surface area (Å²) >= 11 is 1.72. The van der Waals surface area contributed by atoms with Crippen LogP contribution in [0.2, 0.25) is 0 Å². The first-order chi connectivity index (χ1) is 9.51. The van der Waals surface area contributed by atoms with E-state index in [0.717, 1.165) is 17.1 Å². The second-order valence-corrected chi connectivity index (χ2v) is 7.43. The van der Waals surface area contributed by atoms with E-state index >= 15 is 0 Å². The third-order valence-electron chi connectivity index (χ3n) is 3.80. The van der Waals surface area contributed by atoms with E-state index < -0.39 is 0 Å². The van der Waals surface area contributed by atoms with Gasteiger partial charge in [-0.25, -0.2) is 4.98 Å². The average molecular weight is 286 g/mol. The van der Waals surface area contributed by atoms with Crippen LogP contribution < -0.4 is 5.73 Å². The number of nitrogens with zero attached hydrogens (tertiary/aromatic N) is 1. The molecule has 0 unspecified atom stereocenters. The molecule has 3 rings (SSSR count). The van der Waals surface area contributed by atoms with Crippen molar-refractivity contribution >= 4 is 11.3 Å². The predicted molar refractivity (Wildman–Crippen MR) is 86.2 cm³/mol. The van der Waals surface area contributed by atoms with Gasteiger partial charge >= 0.3 is 0 Å². The summed E-state index contributed by atoms with van der Waals surface area (Å²) in [7, 11) is 0. The van der Waals surface area contributed by atoms with Gasteiger partial charge in [0.1, 0.15) is 0 Å². The van der Waals surface area contributed by atoms with Gasteiger partial charge in [-0.05, 0) is 56.7 Å². The zero-order valence-corrected chi connectivity index (χ0v) is 13.1. The summed E-state index contributed by atoms with van der Waals surface area (Å²) in [6.45, 7) is 4.10. The van der Waals surface area contributed by atoms with Gasteiger partial charge in [0.25, 0.3) is 0 Å². The summed E-state index contributed by atoms with van der Waals surface area (Å²) in [5.74, 6) is 0. The van der Waals surface area contributed by atoms with Crippen LogP contribution >= 0.6 is 11.3 Å². The Hall–Kier alpha value is -1.19. The molecule has 2 aromatic rings. The van der Waals surface area contributed by atoms with Gasteiger partial charge in [0, 0.05) is 22.9 Å². The second kappa shape index (κ2) is 5.30. The first-order valence-corrected chi connectivity index (χ1v) is 8.25. The van der Waals surface area contributed by atoms with E-state index in [2.05, 4.69) is 23.6 Å². The Kier molecular flexibility index (Phi) is 3.65. The lowest BCUT2D eigenvalue weighted by molar-refractivity contribution is 0.515.